The van der Waals surface area contributed by atoms with Crippen molar-refractivity contribution >= 4 is 12.0 Å². The number of nitrogens with one attached hydrogen (secondary N) is 1. The van der Waals surface area contributed by atoms with Gasteiger partial charge in [0.25, 0.3) is 0 Å². The topological polar surface area (TPSA) is 78.9 Å². The zero-order valence-corrected chi connectivity index (χ0v) is 15.9. The summed E-state index contributed by atoms with van der Waals surface area (Å²) in [6, 6.07) is 16.9. The zero-order chi connectivity index (χ0) is 19.8. The molecule has 27 heavy (non-hydrogen) atoms. The lowest BCUT2D eigenvalue weighted by atomic mass is 9.99. The summed E-state index contributed by atoms with van der Waals surface area (Å²) in [6.45, 7) is 1.72. The van der Waals surface area contributed by atoms with Gasteiger partial charge in [0.1, 0.15) is 5.75 Å². The summed E-state index contributed by atoms with van der Waals surface area (Å²) < 4.78 is 5.20. The number of hydrogen-bond acceptors (Lipinski definition) is 3. The highest BCUT2D eigenvalue weighted by molar-refractivity contribution is 5.76. The number of carboxylic acid groups (broad SMARTS) is 1. The third-order valence-corrected chi connectivity index (χ3v) is 4.41. The van der Waals surface area contributed by atoms with E-state index in [0.29, 0.717) is 6.42 Å². The van der Waals surface area contributed by atoms with E-state index < -0.39 is 11.9 Å². The van der Waals surface area contributed by atoms with Crippen molar-refractivity contribution in [2.45, 2.75) is 19.4 Å². The predicted molar refractivity (Wildman–Crippen MR) is 104 cm³/mol. The molecule has 2 aromatic rings. The molecule has 2 aromatic carbocycles. The molecular weight excluding hydrogens is 344 g/mol. The van der Waals surface area contributed by atoms with Gasteiger partial charge in [-0.1, -0.05) is 49.4 Å². The molecule has 0 fully saturated rings. The Labute approximate surface area is 159 Å². The van der Waals surface area contributed by atoms with Crippen LogP contribution < -0.4 is 10.1 Å². The van der Waals surface area contributed by atoms with Gasteiger partial charge >= 0.3 is 12.0 Å². The molecule has 0 aliphatic rings. The highest BCUT2D eigenvalue weighted by Gasteiger charge is 2.21. The molecule has 2 unspecified atom stereocenters. The van der Waals surface area contributed by atoms with Crippen LogP contribution in [0.4, 0.5) is 4.79 Å². The fourth-order valence-electron chi connectivity index (χ4n) is 2.77. The summed E-state index contributed by atoms with van der Waals surface area (Å²) in [5.74, 6) is -0.809. The number of benzene rings is 2. The molecule has 0 bridgehead atoms. The van der Waals surface area contributed by atoms with E-state index in [1.807, 2.05) is 54.6 Å². The highest BCUT2D eigenvalue weighted by Crippen LogP contribution is 2.22. The highest BCUT2D eigenvalue weighted by atomic mass is 16.5. The number of carbonyl (C=O) groups is 2. The van der Waals surface area contributed by atoms with Gasteiger partial charge in [-0.15, -0.1) is 0 Å². The van der Waals surface area contributed by atoms with E-state index in [1.165, 1.54) is 4.90 Å². The fraction of sp³-hybridized carbons (Fsp3) is 0.333. The van der Waals surface area contributed by atoms with E-state index in [-0.39, 0.29) is 18.6 Å². The molecule has 2 rings (SSSR count). The van der Waals surface area contributed by atoms with Crippen LogP contribution in [0.3, 0.4) is 0 Å². The third-order valence-electron chi connectivity index (χ3n) is 4.41. The number of hydrogen-bond donors (Lipinski definition) is 2. The van der Waals surface area contributed by atoms with Crippen LogP contribution in [0, 0.1) is 5.92 Å². The summed E-state index contributed by atoms with van der Waals surface area (Å²) in [7, 11) is 3.21. The lowest BCUT2D eigenvalue weighted by Gasteiger charge is -2.25. The number of amides is 2. The van der Waals surface area contributed by atoms with E-state index in [9.17, 15) is 9.59 Å². The average Bonchev–Trinajstić information content (AvgIpc) is 2.68. The smallest absolute Gasteiger partial charge is 0.317 e. The molecule has 2 atom stereocenters. The number of ether oxygens (including phenoxy) is 1. The number of rotatable bonds is 8. The molecule has 2 amide bonds. The Hall–Kier alpha value is -3.02. The normalized spacial score (nSPS) is 12.7. The first-order valence-electron chi connectivity index (χ1n) is 8.83. The molecular formula is C21H26N2O4. The Bertz CT molecular complexity index is 747. The van der Waals surface area contributed by atoms with Gasteiger partial charge in [0.2, 0.25) is 0 Å². The molecule has 0 saturated carbocycles. The second-order valence-electron chi connectivity index (χ2n) is 6.58. The Morgan fingerprint density at radius 2 is 1.74 bits per heavy atom. The van der Waals surface area contributed by atoms with Crippen LogP contribution in [0.5, 0.6) is 5.75 Å². The van der Waals surface area contributed by atoms with Crippen molar-refractivity contribution in [1.82, 2.24) is 10.2 Å². The van der Waals surface area contributed by atoms with Gasteiger partial charge in [-0.2, -0.15) is 0 Å². The minimum Gasteiger partial charge on any atom is -0.497 e. The van der Waals surface area contributed by atoms with Gasteiger partial charge in [0, 0.05) is 13.6 Å². The predicted octanol–water partition coefficient (Wildman–Crippen LogP) is 3.34. The Morgan fingerprint density at radius 3 is 2.30 bits per heavy atom. The first-order chi connectivity index (χ1) is 12.9. The Kier molecular flexibility index (Phi) is 7.23. The van der Waals surface area contributed by atoms with Crippen LogP contribution in [-0.4, -0.2) is 42.7 Å². The number of urea groups is 1. The number of carbonyl (C=O) groups excluding carboxylic acids is 1. The number of nitrogens with zero attached hydrogens (tertiary/aromatic N) is 1. The van der Waals surface area contributed by atoms with Crippen molar-refractivity contribution in [1.29, 1.82) is 0 Å². The van der Waals surface area contributed by atoms with Crippen LogP contribution >= 0.6 is 0 Å². The summed E-state index contributed by atoms with van der Waals surface area (Å²) in [5, 5.41) is 12.1. The van der Waals surface area contributed by atoms with Crippen molar-refractivity contribution in [2.75, 3.05) is 20.7 Å². The molecule has 6 heteroatoms. The summed E-state index contributed by atoms with van der Waals surface area (Å²) >= 11 is 0. The fourth-order valence-corrected chi connectivity index (χ4v) is 2.77. The van der Waals surface area contributed by atoms with Crippen LogP contribution in [0.15, 0.2) is 54.6 Å². The van der Waals surface area contributed by atoms with E-state index in [4.69, 9.17) is 9.84 Å². The maximum atomic E-state index is 12.6. The Morgan fingerprint density at radius 1 is 1.11 bits per heavy atom. The first-order valence-corrected chi connectivity index (χ1v) is 8.83. The molecule has 6 nitrogen and oxygen atoms in total. The summed E-state index contributed by atoms with van der Waals surface area (Å²) in [6.07, 6.45) is 0.626. The van der Waals surface area contributed by atoms with E-state index in [0.717, 1.165) is 16.9 Å². The van der Waals surface area contributed by atoms with Crippen LogP contribution in [-0.2, 0) is 11.2 Å². The standard InChI is InChI=1S/C21H26N2O4/c1-15(20(24)25)14-23(2)21(26)22-19(13-16-7-5-4-6-8-16)17-9-11-18(27-3)12-10-17/h4-12,15,19H,13-14H2,1-3H3,(H,22,26)(H,24,25). The summed E-state index contributed by atoms with van der Waals surface area (Å²) in [4.78, 5) is 25.0. The lowest BCUT2D eigenvalue weighted by molar-refractivity contribution is -0.141. The number of aliphatic carboxylic acids is 1. The van der Waals surface area contributed by atoms with Gasteiger partial charge < -0.3 is 20.1 Å². The molecule has 0 aliphatic heterocycles. The quantitative estimate of drug-likeness (QED) is 0.747. The third kappa shape index (κ3) is 6.02. The van der Waals surface area contributed by atoms with Crippen molar-refractivity contribution in [3.63, 3.8) is 0 Å². The number of carboxylic acids is 1. The monoisotopic (exact) mass is 370 g/mol. The molecule has 0 aliphatic carbocycles. The SMILES string of the molecule is COc1ccc(C(Cc2ccccc2)NC(=O)N(C)CC(C)C(=O)O)cc1. The van der Waals surface area contributed by atoms with Gasteiger partial charge in [0.15, 0.2) is 0 Å². The molecule has 0 spiro atoms. The van der Waals surface area contributed by atoms with Gasteiger partial charge in [0.05, 0.1) is 19.1 Å². The van der Waals surface area contributed by atoms with Crippen molar-refractivity contribution in [3.05, 3.63) is 65.7 Å². The van der Waals surface area contributed by atoms with Crippen molar-refractivity contribution in [2.24, 2.45) is 5.92 Å². The second kappa shape index (κ2) is 9.62. The molecule has 144 valence electrons. The molecule has 0 heterocycles. The zero-order valence-electron chi connectivity index (χ0n) is 15.9. The van der Waals surface area contributed by atoms with E-state index in [2.05, 4.69) is 5.32 Å². The average molecular weight is 370 g/mol. The van der Waals surface area contributed by atoms with Gasteiger partial charge in [-0.05, 0) is 29.7 Å². The molecule has 0 radical (unpaired) electrons. The van der Waals surface area contributed by atoms with Gasteiger partial charge in [-0.25, -0.2) is 4.79 Å². The van der Waals surface area contributed by atoms with E-state index >= 15 is 0 Å². The molecule has 2 N–H and O–H groups in total. The first kappa shape index (κ1) is 20.3. The van der Waals surface area contributed by atoms with Gasteiger partial charge in [-0.3, -0.25) is 4.79 Å². The largest absolute Gasteiger partial charge is 0.497 e. The number of methoxy groups -OCH3 is 1. The summed E-state index contributed by atoms with van der Waals surface area (Å²) in [5.41, 5.74) is 2.05. The maximum absolute atomic E-state index is 12.6. The minimum absolute atomic E-state index is 0.141. The molecule has 0 saturated heterocycles. The second-order valence-corrected chi connectivity index (χ2v) is 6.58. The van der Waals surface area contributed by atoms with Crippen molar-refractivity contribution < 1.29 is 19.4 Å². The minimum atomic E-state index is -0.925. The van der Waals surface area contributed by atoms with Crippen LogP contribution in [0.25, 0.3) is 0 Å². The lowest BCUT2D eigenvalue weighted by Crippen LogP contribution is -2.42. The van der Waals surface area contributed by atoms with E-state index in [1.54, 1.807) is 21.1 Å². The van der Waals surface area contributed by atoms with Crippen LogP contribution in [0.1, 0.15) is 24.1 Å². The maximum Gasteiger partial charge on any atom is 0.317 e. The van der Waals surface area contributed by atoms with Crippen molar-refractivity contribution in [3.8, 4) is 5.75 Å². The molecule has 0 aromatic heterocycles. The van der Waals surface area contributed by atoms with Crippen LogP contribution in [0.2, 0.25) is 0 Å². The Balaban J connectivity index is 2.15.